The number of halogens is 1. The van der Waals surface area contributed by atoms with Crippen LogP contribution in [-0.4, -0.2) is 31.6 Å². The predicted molar refractivity (Wildman–Crippen MR) is 73.8 cm³/mol. The number of anilines is 2. The molecule has 1 rings (SSSR count). The van der Waals surface area contributed by atoms with Gasteiger partial charge < -0.3 is 21.1 Å². The standard InChI is InChI=1S/C13H18FN3O3/c1-7(2)17(6-12(16)18)11-4-8(13(19)20-3)10(15)5-9(11)14/h4-5,7H,6,15H2,1-3H3,(H2,16,18). The van der Waals surface area contributed by atoms with Gasteiger partial charge in [-0.15, -0.1) is 0 Å². The molecule has 0 atom stereocenters. The summed E-state index contributed by atoms with van der Waals surface area (Å²) in [4.78, 5) is 24.1. The molecule has 0 fully saturated rings. The Kier molecular flexibility index (Phi) is 4.90. The van der Waals surface area contributed by atoms with Gasteiger partial charge in [0.1, 0.15) is 5.82 Å². The van der Waals surface area contributed by atoms with Gasteiger partial charge in [-0.2, -0.15) is 0 Å². The summed E-state index contributed by atoms with van der Waals surface area (Å²) in [5.41, 5.74) is 10.8. The molecule has 0 aliphatic rings. The van der Waals surface area contributed by atoms with E-state index in [0.29, 0.717) is 0 Å². The quantitative estimate of drug-likeness (QED) is 0.617. The normalized spacial score (nSPS) is 10.4. The van der Waals surface area contributed by atoms with Crippen molar-refractivity contribution in [2.24, 2.45) is 5.73 Å². The zero-order chi connectivity index (χ0) is 15.4. The molecule has 0 aliphatic carbocycles. The van der Waals surface area contributed by atoms with Crippen LogP contribution in [0, 0.1) is 5.82 Å². The van der Waals surface area contributed by atoms with Crippen LogP contribution in [0.2, 0.25) is 0 Å². The maximum absolute atomic E-state index is 14.0. The predicted octanol–water partition coefficient (Wildman–Crippen LogP) is 0.895. The number of amides is 1. The molecule has 4 N–H and O–H groups in total. The monoisotopic (exact) mass is 283 g/mol. The topological polar surface area (TPSA) is 98.6 Å². The number of carbonyl (C=O) groups is 2. The molecule has 1 amide bonds. The average Bonchev–Trinajstić information content (AvgIpc) is 2.35. The van der Waals surface area contributed by atoms with Crippen LogP contribution in [-0.2, 0) is 9.53 Å². The first-order chi connectivity index (χ1) is 9.27. The number of primary amides is 1. The average molecular weight is 283 g/mol. The van der Waals surface area contributed by atoms with Crippen molar-refractivity contribution in [2.75, 3.05) is 24.3 Å². The van der Waals surface area contributed by atoms with Gasteiger partial charge in [-0.05, 0) is 26.0 Å². The van der Waals surface area contributed by atoms with E-state index >= 15 is 0 Å². The SMILES string of the molecule is COC(=O)c1cc(N(CC(N)=O)C(C)C)c(F)cc1N. The second-order valence-corrected chi connectivity index (χ2v) is 4.57. The van der Waals surface area contributed by atoms with Gasteiger partial charge in [0.05, 0.1) is 24.9 Å². The number of rotatable bonds is 5. The van der Waals surface area contributed by atoms with Crippen molar-refractivity contribution < 1.29 is 18.7 Å². The zero-order valence-corrected chi connectivity index (χ0v) is 11.6. The lowest BCUT2D eigenvalue weighted by atomic mass is 10.1. The third-order valence-electron chi connectivity index (χ3n) is 2.78. The minimum Gasteiger partial charge on any atom is -0.465 e. The molecule has 0 unspecified atom stereocenters. The van der Waals surface area contributed by atoms with Gasteiger partial charge in [-0.1, -0.05) is 0 Å². The highest BCUT2D eigenvalue weighted by molar-refractivity contribution is 5.96. The fourth-order valence-electron chi connectivity index (χ4n) is 1.80. The van der Waals surface area contributed by atoms with E-state index in [2.05, 4.69) is 4.74 Å². The van der Waals surface area contributed by atoms with Gasteiger partial charge in [0.15, 0.2) is 0 Å². The Bertz CT molecular complexity index is 532. The van der Waals surface area contributed by atoms with Gasteiger partial charge in [0.2, 0.25) is 5.91 Å². The molecular formula is C13H18FN3O3. The van der Waals surface area contributed by atoms with Gasteiger partial charge in [-0.3, -0.25) is 4.79 Å². The highest BCUT2D eigenvalue weighted by Crippen LogP contribution is 2.27. The Hall–Kier alpha value is -2.31. The number of methoxy groups -OCH3 is 1. The van der Waals surface area contributed by atoms with Gasteiger partial charge in [-0.25, -0.2) is 9.18 Å². The molecule has 0 radical (unpaired) electrons. The lowest BCUT2D eigenvalue weighted by molar-refractivity contribution is -0.116. The molecule has 0 saturated carbocycles. The third kappa shape index (κ3) is 3.37. The first-order valence-corrected chi connectivity index (χ1v) is 6.00. The molecule has 0 spiro atoms. The molecule has 1 aromatic rings. The molecule has 20 heavy (non-hydrogen) atoms. The van der Waals surface area contributed by atoms with Gasteiger partial charge in [0.25, 0.3) is 0 Å². The Morgan fingerprint density at radius 2 is 2.00 bits per heavy atom. The van der Waals surface area contributed by atoms with Crippen LogP contribution < -0.4 is 16.4 Å². The molecule has 0 aromatic heterocycles. The summed E-state index contributed by atoms with van der Waals surface area (Å²) < 4.78 is 18.6. The van der Waals surface area contributed by atoms with Crippen LogP contribution in [0.25, 0.3) is 0 Å². The summed E-state index contributed by atoms with van der Waals surface area (Å²) in [5.74, 6) is -1.91. The summed E-state index contributed by atoms with van der Waals surface area (Å²) in [6.45, 7) is 3.38. The number of nitrogen functional groups attached to an aromatic ring is 1. The van der Waals surface area contributed by atoms with E-state index in [1.54, 1.807) is 13.8 Å². The molecule has 6 nitrogen and oxygen atoms in total. The van der Waals surface area contributed by atoms with Crippen molar-refractivity contribution in [1.29, 1.82) is 0 Å². The van der Waals surface area contributed by atoms with Crippen LogP contribution in [0.15, 0.2) is 12.1 Å². The Balaban J connectivity index is 3.34. The Morgan fingerprint density at radius 1 is 1.40 bits per heavy atom. The molecule has 0 heterocycles. The van der Waals surface area contributed by atoms with Crippen LogP contribution in [0.4, 0.5) is 15.8 Å². The summed E-state index contributed by atoms with van der Waals surface area (Å²) >= 11 is 0. The zero-order valence-electron chi connectivity index (χ0n) is 11.6. The Labute approximate surface area is 116 Å². The Morgan fingerprint density at radius 3 is 2.45 bits per heavy atom. The van der Waals surface area contributed by atoms with Crippen LogP contribution in [0.5, 0.6) is 0 Å². The molecule has 7 heteroatoms. The fraction of sp³-hybridized carbons (Fsp3) is 0.385. The third-order valence-corrected chi connectivity index (χ3v) is 2.78. The molecule has 0 aliphatic heterocycles. The van der Waals surface area contributed by atoms with E-state index in [1.807, 2.05) is 0 Å². The van der Waals surface area contributed by atoms with E-state index in [4.69, 9.17) is 11.5 Å². The molecule has 1 aromatic carbocycles. The van der Waals surface area contributed by atoms with Crippen molar-refractivity contribution in [3.05, 3.63) is 23.5 Å². The molecule has 0 bridgehead atoms. The fourth-order valence-corrected chi connectivity index (χ4v) is 1.80. The number of hydrogen-bond acceptors (Lipinski definition) is 5. The van der Waals surface area contributed by atoms with E-state index < -0.39 is 17.7 Å². The van der Waals surface area contributed by atoms with E-state index in [0.717, 1.165) is 6.07 Å². The van der Waals surface area contributed by atoms with Crippen molar-refractivity contribution in [3.8, 4) is 0 Å². The van der Waals surface area contributed by atoms with Crippen LogP contribution in [0.1, 0.15) is 24.2 Å². The van der Waals surface area contributed by atoms with E-state index in [-0.39, 0.29) is 29.5 Å². The van der Waals surface area contributed by atoms with Crippen molar-refractivity contribution in [1.82, 2.24) is 0 Å². The lowest BCUT2D eigenvalue weighted by Gasteiger charge is -2.28. The maximum atomic E-state index is 14.0. The molecule has 110 valence electrons. The van der Waals surface area contributed by atoms with Gasteiger partial charge >= 0.3 is 5.97 Å². The second kappa shape index (κ2) is 6.23. The number of nitrogens with zero attached hydrogens (tertiary/aromatic N) is 1. The summed E-state index contributed by atoms with van der Waals surface area (Å²) in [6.07, 6.45) is 0. The molecular weight excluding hydrogens is 265 g/mol. The van der Waals surface area contributed by atoms with Gasteiger partial charge in [0, 0.05) is 11.7 Å². The van der Waals surface area contributed by atoms with E-state index in [1.165, 1.54) is 18.1 Å². The number of carbonyl (C=O) groups excluding carboxylic acids is 2. The van der Waals surface area contributed by atoms with Crippen molar-refractivity contribution >= 4 is 23.3 Å². The lowest BCUT2D eigenvalue weighted by Crippen LogP contribution is -2.39. The minimum atomic E-state index is -0.675. The second-order valence-electron chi connectivity index (χ2n) is 4.57. The summed E-state index contributed by atoms with van der Waals surface area (Å²) in [6, 6.07) is 2.10. The van der Waals surface area contributed by atoms with E-state index in [9.17, 15) is 14.0 Å². The van der Waals surface area contributed by atoms with Crippen LogP contribution >= 0.6 is 0 Å². The van der Waals surface area contributed by atoms with Crippen molar-refractivity contribution in [2.45, 2.75) is 19.9 Å². The number of nitrogens with two attached hydrogens (primary N) is 2. The number of benzene rings is 1. The first kappa shape index (κ1) is 15.7. The number of hydrogen-bond donors (Lipinski definition) is 2. The maximum Gasteiger partial charge on any atom is 0.340 e. The smallest absolute Gasteiger partial charge is 0.340 e. The highest BCUT2D eigenvalue weighted by Gasteiger charge is 2.21. The minimum absolute atomic E-state index is 0.0270. The highest BCUT2D eigenvalue weighted by atomic mass is 19.1. The first-order valence-electron chi connectivity index (χ1n) is 6.00. The summed E-state index contributed by atoms with van der Waals surface area (Å²) in [5, 5.41) is 0. The molecule has 0 saturated heterocycles. The number of ether oxygens (including phenoxy) is 1. The number of esters is 1. The largest absolute Gasteiger partial charge is 0.465 e. The van der Waals surface area contributed by atoms with Crippen molar-refractivity contribution in [3.63, 3.8) is 0 Å². The van der Waals surface area contributed by atoms with Crippen LogP contribution in [0.3, 0.4) is 0 Å². The summed E-state index contributed by atoms with van der Waals surface area (Å²) in [7, 11) is 1.20.